The molecule has 122 valence electrons. The summed E-state index contributed by atoms with van der Waals surface area (Å²) in [6.45, 7) is 5.55. The van der Waals surface area contributed by atoms with Crippen molar-refractivity contribution in [2.45, 2.75) is 33.1 Å². The predicted molar refractivity (Wildman–Crippen MR) is 88.5 cm³/mol. The van der Waals surface area contributed by atoms with E-state index in [0.717, 1.165) is 47.9 Å². The lowest BCUT2D eigenvalue weighted by Gasteiger charge is -2.25. The molecule has 1 saturated carbocycles. The van der Waals surface area contributed by atoms with Gasteiger partial charge >= 0.3 is 0 Å². The van der Waals surface area contributed by atoms with Crippen molar-refractivity contribution in [3.63, 3.8) is 0 Å². The van der Waals surface area contributed by atoms with Gasteiger partial charge in [0, 0.05) is 29.5 Å². The van der Waals surface area contributed by atoms with Crippen molar-refractivity contribution in [2.75, 3.05) is 19.7 Å². The Balaban J connectivity index is 1.67. The molecule has 4 nitrogen and oxygen atoms in total. The van der Waals surface area contributed by atoms with E-state index in [1.54, 1.807) is 0 Å². The molecule has 4 rings (SSSR count). The van der Waals surface area contributed by atoms with Crippen molar-refractivity contribution in [1.29, 1.82) is 0 Å². The number of carbonyl (C=O) groups is 1. The molecule has 0 radical (unpaired) electrons. The van der Waals surface area contributed by atoms with Crippen LogP contribution in [0.25, 0.3) is 11.0 Å². The maximum atomic E-state index is 13.0. The van der Waals surface area contributed by atoms with E-state index in [-0.39, 0.29) is 17.9 Å². The summed E-state index contributed by atoms with van der Waals surface area (Å²) >= 11 is 0. The van der Waals surface area contributed by atoms with E-state index in [0.29, 0.717) is 18.2 Å². The third-order valence-electron chi connectivity index (χ3n) is 5.93. The first-order valence-electron chi connectivity index (χ1n) is 8.44. The first-order valence-corrected chi connectivity index (χ1v) is 8.44. The molecule has 23 heavy (non-hydrogen) atoms. The summed E-state index contributed by atoms with van der Waals surface area (Å²) in [5.74, 6) is 0.862. The molecule has 1 saturated heterocycles. The van der Waals surface area contributed by atoms with Gasteiger partial charge in [-0.3, -0.25) is 4.79 Å². The second-order valence-corrected chi connectivity index (χ2v) is 7.35. The number of furan rings is 1. The maximum absolute atomic E-state index is 13.0. The van der Waals surface area contributed by atoms with Gasteiger partial charge in [0.25, 0.3) is 5.91 Å². The number of rotatable bonds is 2. The lowest BCUT2D eigenvalue weighted by molar-refractivity contribution is 0.0706. The molecule has 2 atom stereocenters. The smallest absolute Gasteiger partial charge is 0.289 e. The summed E-state index contributed by atoms with van der Waals surface area (Å²) in [5, 5.41) is 10.8. The van der Waals surface area contributed by atoms with Crippen molar-refractivity contribution in [2.24, 2.45) is 11.3 Å². The number of aliphatic hydroxyl groups is 1. The zero-order valence-corrected chi connectivity index (χ0v) is 13.8. The van der Waals surface area contributed by atoms with Gasteiger partial charge in [-0.25, -0.2) is 0 Å². The van der Waals surface area contributed by atoms with Crippen LogP contribution < -0.4 is 0 Å². The van der Waals surface area contributed by atoms with Crippen LogP contribution in [0.1, 0.15) is 40.9 Å². The molecule has 0 bridgehead atoms. The number of likely N-dealkylation sites (tertiary alicyclic amines) is 1. The Morgan fingerprint density at radius 3 is 3.00 bits per heavy atom. The van der Waals surface area contributed by atoms with Gasteiger partial charge in [-0.15, -0.1) is 0 Å². The summed E-state index contributed by atoms with van der Waals surface area (Å²) in [4.78, 5) is 14.8. The maximum Gasteiger partial charge on any atom is 0.289 e. The van der Waals surface area contributed by atoms with Crippen molar-refractivity contribution in [3.8, 4) is 0 Å². The molecule has 1 aromatic heterocycles. The van der Waals surface area contributed by atoms with Gasteiger partial charge in [0.1, 0.15) is 5.58 Å². The van der Waals surface area contributed by atoms with Crippen molar-refractivity contribution in [3.05, 3.63) is 35.1 Å². The number of hydrogen-bond donors (Lipinski definition) is 1. The average molecular weight is 313 g/mol. The molecule has 2 aliphatic rings. The third-order valence-corrected chi connectivity index (χ3v) is 5.93. The van der Waals surface area contributed by atoms with Gasteiger partial charge in [0.05, 0.1) is 6.61 Å². The number of amides is 1. The highest BCUT2D eigenvalue weighted by atomic mass is 16.3. The van der Waals surface area contributed by atoms with Gasteiger partial charge in [-0.1, -0.05) is 18.6 Å². The fraction of sp³-hybridized carbons (Fsp3) is 0.526. The van der Waals surface area contributed by atoms with Crippen LogP contribution in [0.3, 0.4) is 0 Å². The quantitative estimate of drug-likeness (QED) is 0.925. The first kappa shape index (κ1) is 14.8. The monoisotopic (exact) mass is 313 g/mol. The van der Waals surface area contributed by atoms with Crippen LogP contribution in [0.2, 0.25) is 0 Å². The Bertz CT molecular complexity index is 778. The van der Waals surface area contributed by atoms with Crippen LogP contribution in [0.15, 0.2) is 22.6 Å². The SMILES string of the molecule is Cc1ccc2c(C)c(C(=O)N3C[C@H]4CCC[C@@]4(CO)C3)oc2c1. The molecule has 0 spiro atoms. The first-order chi connectivity index (χ1) is 11.0. The van der Waals surface area contributed by atoms with E-state index in [1.807, 2.05) is 36.9 Å². The van der Waals surface area contributed by atoms with Crippen LogP contribution in [0.4, 0.5) is 0 Å². The van der Waals surface area contributed by atoms with E-state index < -0.39 is 0 Å². The van der Waals surface area contributed by atoms with Gasteiger partial charge < -0.3 is 14.4 Å². The highest BCUT2D eigenvalue weighted by Gasteiger charge is 2.50. The standard InChI is InChI=1S/C19H23NO3/c1-12-5-6-15-13(2)17(23-16(15)8-12)18(22)20-9-14-4-3-7-19(14,10-20)11-21/h5-6,8,14,21H,3-4,7,9-11H2,1-2H3/t14-,19+/m1/s1. The Morgan fingerprint density at radius 1 is 1.43 bits per heavy atom. The minimum absolute atomic E-state index is 0.0291. The van der Waals surface area contributed by atoms with Crippen LogP contribution in [0.5, 0.6) is 0 Å². The zero-order valence-electron chi connectivity index (χ0n) is 13.8. The van der Waals surface area contributed by atoms with E-state index in [2.05, 4.69) is 0 Å². The molecule has 4 heteroatoms. The van der Waals surface area contributed by atoms with Crippen molar-refractivity contribution in [1.82, 2.24) is 4.90 Å². The van der Waals surface area contributed by atoms with Crippen LogP contribution >= 0.6 is 0 Å². The number of aliphatic hydroxyl groups excluding tert-OH is 1. The fourth-order valence-electron chi connectivity index (χ4n) is 4.51. The van der Waals surface area contributed by atoms with E-state index in [1.165, 1.54) is 0 Å². The number of fused-ring (bicyclic) bond motifs is 2. The summed E-state index contributed by atoms with van der Waals surface area (Å²) in [6, 6.07) is 6.04. The molecule has 1 aliphatic heterocycles. The lowest BCUT2D eigenvalue weighted by Crippen LogP contribution is -2.34. The molecule has 2 heterocycles. The van der Waals surface area contributed by atoms with Crippen LogP contribution in [-0.4, -0.2) is 35.6 Å². The van der Waals surface area contributed by atoms with E-state index in [9.17, 15) is 9.90 Å². The molecule has 1 aromatic carbocycles. The van der Waals surface area contributed by atoms with E-state index >= 15 is 0 Å². The minimum atomic E-state index is -0.0772. The summed E-state index contributed by atoms with van der Waals surface area (Å²) in [7, 11) is 0. The molecule has 1 amide bonds. The van der Waals surface area contributed by atoms with Crippen LogP contribution in [-0.2, 0) is 0 Å². The summed E-state index contributed by atoms with van der Waals surface area (Å²) < 4.78 is 5.89. The summed E-state index contributed by atoms with van der Waals surface area (Å²) in [6.07, 6.45) is 3.30. The Labute approximate surface area is 136 Å². The van der Waals surface area contributed by atoms with Gasteiger partial charge in [-0.2, -0.15) is 0 Å². The van der Waals surface area contributed by atoms with Crippen LogP contribution in [0, 0.1) is 25.2 Å². The molecule has 1 aliphatic carbocycles. The average Bonchev–Trinajstić information content (AvgIpc) is 3.17. The molecule has 0 unspecified atom stereocenters. The van der Waals surface area contributed by atoms with Gasteiger partial charge in [0.2, 0.25) is 0 Å². The second-order valence-electron chi connectivity index (χ2n) is 7.35. The number of aryl methyl sites for hydroxylation is 2. The Hall–Kier alpha value is -1.81. The minimum Gasteiger partial charge on any atom is -0.451 e. The fourth-order valence-corrected chi connectivity index (χ4v) is 4.51. The topological polar surface area (TPSA) is 53.7 Å². The van der Waals surface area contributed by atoms with E-state index in [4.69, 9.17) is 4.42 Å². The molecular formula is C19H23NO3. The highest BCUT2D eigenvalue weighted by molar-refractivity contribution is 5.99. The largest absolute Gasteiger partial charge is 0.451 e. The Morgan fingerprint density at radius 2 is 2.26 bits per heavy atom. The number of benzene rings is 1. The number of carbonyl (C=O) groups excluding carboxylic acids is 1. The molecular weight excluding hydrogens is 290 g/mol. The third kappa shape index (κ3) is 2.12. The molecule has 1 N–H and O–H groups in total. The lowest BCUT2D eigenvalue weighted by atomic mass is 9.82. The number of nitrogens with zero attached hydrogens (tertiary/aromatic N) is 1. The molecule has 2 aromatic rings. The molecule has 2 fully saturated rings. The zero-order chi connectivity index (χ0) is 16.2. The van der Waals surface area contributed by atoms with Crippen molar-refractivity contribution < 1.29 is 14.3 Å². The second kappa shape index (κ2) is 5.10. The van der Waals surface area contributed by atoms with Gasteiger partial charge in [-0.05, 0) is 44.2 Å². The Kier molecular flexibility index (Phi) is 3.27. The highest BCUT2D eigenvalue weighted by Crippen LogP contribution is 2.48. The summed E-state index contributed by atoms with van der Waals surface area (Å²) in [5.41, 5.74) is 2.74. The van der Waals surface area contributed by atoms with Crippen molar-refractivity contribution >= 4 is 16.9 Å². The normalized spacial score (nSPS) is 26.9. The predicted octanol–water partition coefficient (Wildman–Crippen LogP) is 3.28. The van der Waals surface area contributed by atoms with Gasteiger partial charge in [0.15, 0.2) is 5.76 Å². The number of hydrogen-bond acceptors (Lipinski definition) is 3.